The average Bonchev–Trinajstić information content (AvgIpc) is 3.36. The zero-order valence-electron chi connectivity index (χ0n) is 15.9. The largest absolute Gasteiger partial charge is 0.354 e. The maximum Gasteiger partial charge on any atom is 0.258 e. The van der Waals surface area contributed by atoms with Gasteiger partial charge in [-0.1, -0.05) is 0 Å². The number of nitrogens with one attached hydrogen (secondary N) is 3. The van der Waals surface area contributed by atoms with E-state index in [1.807, 2.05) is 20.0 Å². The molecule has 4 rings (SSSR count). The van der Waals surface area contributed by atoms with Crippen LogP contribution in [0, 0.1) is 6.92 Å². The molecule has 2 aromatic rings. The van der Waals surface area contributed by atoms with Gasteiger partial charge >= 0.3 is 0 Å². The predicted molar refractivity (Wildman–Crippen MR) is 103 cm³/mol. The second kappa shape index (κ2) is 7.10. The molecule has 0 radical (unpaired) electrons. The summed E-state index contributed by atoms with van der Waals surface area (Å²) in [6, 6.07) is 4.84. The summed E-state index contributed by atoms with van der Waals surface area (Å²) in [7, 11) is 1.98. The minimum Gasteiger partial charge on any atom is -0.354 e. The van der Waals surface area contributed by atoms with Crippen molar-refractivity contribution < 1.29 is 14.4 Å². The van der Waals surface area contributed by atoms with E-state index in [0.29, 0.717) is 29.4 Å². The minimum absolute atomic E-state index is 0.0724. The molecule has 0 unspecified atom stereocenters. The Morgan fingerprint density at radius 1 is 1.25 bits per heavy atom. The van der Waals surface area contributed by atoms with Gasteiger partial charge in [0, 0.05) is 43.2 Å². The third-order valence-electron chi connectivity index (χ3n) is 5.39. The van der Waals surface area contributed by atoms with E-state index < -0.39 is 0 Å². The van der Waals surface area contributed by atoms with Gasteiger partial charge in [0.25, 0.3) is 11.8 Å². The summed E-state index contributed by atoms with van der Waals surface area (Å²) in [5.41, 5.74) is 3.10. The molecule has 146 valence electrons. The lowest BCUT2D eigenvalue weighted by molar-refractivity contribution is -0.119. The molecule has 8 heteroatoms. The van der Waals surface area contributed by atoms with Crippen molar-refractivity contribution in [2.75, 3.05) is 11.9 Å². The van der Waals surface area contributed by atoms with E-state index in [1.54, 1.807) is 6.07 Å². The van der Waals surface area contributed by atoms with Gasteiger partial charge in [-0.25, -0.2) is 4.98 Å². The van der Waals surface area contributed by atoms with Gasteiger partial charge in [0.2, 0.25) is 5.91 Å². The Morgan fingerprint density at radius 2 is 2.04 bits per heavy atom. The molecule has 2 aliphatic rings. The first-order chi connectivity index (χ1) is 13.4. The molecule has 2 fully saturated rings. The average molecular weight is 381 g/mol. The topological polar surface area (TPSA) is 105 Å². The zero-order chi connectivity index (χ0) is 19.8. The second-order valence-corrected chi connectivity index (χ2v) is 7.46. The van der Waals surface area contributed by atoms with Crippen LogP contribution >= 0.6 is 0 Å². The SMILES string of the molecule is Cc1c(C(=O)Nc2cc(C(=O)N[C@H]3CNC(=O)C3)ccn2)cc(C2CC2)n1C. The molecule has 28 heavy (non-hydrogen) atoms. The highest BCUT2D eigenvalue weighted by Gasteiger charge is 2.29. The van der Waals surface area contributed by atoms with Gasteiger partial charge in [0.05, 0.1) is 11.6 Å². The normalized spacial score (nSPS) is 18.6. The summed E-state index contributed by atoms with van der Waals surface area (Å²) < 4.78 is 2.07. The molecule has 1 aliphatic carbocycles. The number of amides is 3. The van der Waals surface area contributed by atoms with Gasteiger partial charge in [-0.15, -0.1) is 0 Å². The Morgan fingerprint density at radius 3 is 2.71 bits per heavy atom. The van der Waals surface area contributed by atoms with Gasteiger partial charge in [0.15, 0.2) is 0 Å². The fourth-order valence-electron chi connectivity index (χ4n) is 3.52. The highest BCUT2D eigenvalue weighted by Crippen LogP contribution is 2.41. The fourth-order valence-corrected chi connectivity index (χ4v) is 3.52. The standard InChI is InChI=1S/C20H23N5O3/c1-11-15(9-16(25(11)2)12-3-4-12)20(28)24-17-7-13(5-6-21-17)19(27)23-14-8-18(26)22-10-14/h5-7,9,12,14H,3-4,8,10H2,1-2H3,(H,22,26)(H,23,27)(H,21,24,28)/t14-/m1/s1. The quantitative estimate of drug-likeness (QED) is 0.729. The highest BCUT2D eigenvalue weighted by atomic mass is 16.2. The van der Waals surface area contributed by atoms with Gasteiger partial charge in [0.1, 0.15) is 5.82 Å². The van der Waals surface area contributed by atoms with E-state index >= 15 is 0 Å². The molecule has 3 heterocycles. The first-order valence-electron chi connectivity index (χ1n) is 9.43. The van der Waals surface area contributed by atoms with E-state index in [9.17, 15) is 14.4 Å². The number of carbonyl (C=O) groups excluding carboxylic acids is 3. The lowest BCUT2D eigenvalue weighted by Crippen LogP contribution is -2.36. The van der Waals surface area contributed by atoms with Crippen molar-refractivity contribution in [2.24, 2.45) is 7.05 Å². The van der Waals surface area contributed by atoms with Crippen molar-refractivity contribution >= 4 is 23.5 Å². The van der Waals surface area contributed by atoms with Crippen LogP contribution in [0.5, 0.6) is 0 Å². The van der Waals surface area contributed by atoms with Crippen LogP contribution in [0.1, 0.15) is 57.3 Å². The second-order valence-electron chi connectivity index (χ2n) is 7.46. The first-order valence-corrected chi connectivity index (χ1v) is 9.43. The van der Waals surface area contributed by atoms with Crippen molar-refractivity contribution in [3.63, 3.8) is 0 Å². The molecular weight excluding hydrogens is 358 g/mol. The molecule has 8 nitrogen and oxygen atoms in total. The van der Waals surface area contributed by atoms with E-state index in [-0.39, 0.29) is 30.2 Å². The number of hydrogen-bond acceptors (Lipinski definition) is 4. The number of hydrogen-bond donors (Lipinski definition) is 3. The monoisotopic (exact) mass is 381 g/mol. The highest BCUT2D eigenvalue weighted by molar-refractivity contribution is 6.05. The van der Waals surface area contributed by atoms with Crippen LogP contribution in [0.3, 0.4) is 0 Å². The van der Waals surface area contributed by atoms with E-state index in [4.69, 9.17) is 0 Å². The predicted octanol–water partition coefficient (Wildman–Crippen LogP) is 1.48. The third kappa shape index (κ3) is 3.62. The number of pyridine rings is 1. The maximum atomic E-state index is 12.7. The summed E-state index contributed by atoms with van der Waals surface area (Å²) >= 11 is 0. The fraction of sp³-hybridized carbons (Fsp3) is 0.400. The Kier molecular flexibility index (Phi) is 4.62. The number of nitrogens with zero attached hydrogens (tertiary/aromatic N) is 2. The van der Waals surface area contributed by atoms with Crippen LogP contribution in [0.15, 0.2) is 24.4 Å². The van der Waals surface area contributed by atoms with Crippen molar-refractivity contribution in [3.8, 4) is 0 Å². The van der Waals surface area contributed by atoms with Crippen molar-refractivity contribution in [1.29, 1.82) is 0 Å². The molecule has 2 aromatic heterocycles. The summed E-state index contributed by atoms with van der Waals surface area (Å²) in [6.07, 6.45) is 4.09. The summed E-state index contributed by atoms with van der Waals surface area (Å²) in [4.78, 5) is 40.5. The molecule has 0 spiro atoms. The van der Waals surface area contributed by atoms with Gasteiger partial charge in [-0.2, -0.15) is 0 Å². The smallest absolute Gasteiger partial charge is 0.258 e. The Hall–Kier alpha value is -3.16. The van der Waals surface area contributed by atoms with Crippen LogP contribution in [-0.4, -0.2) is 39.9 Å². The van der Waals surface area contributed by atoms with Crippen molar-refractivity contribution in [2.45, 2.75) is 38.1 Å². The van der Waals surface area contributed by atoms with Gasteiger partial charge in [-0.05, 0) is 43.9 Å². The first kappa shape index (κ1) is 18.2. The summed E-state index contributed by atoms with van der Waals surface area (Å²) in [5, 5.41) is 8.28. The van der Waals surface area contributed by atoms with Crippen LogP contribution in [0.2, 0.25) is 0 Å². The molecule has 1 saturated carbocycles. The lowest BCUT2D eigenvalue weighted by Gasteiger charge is -2.11. The maximum absolute atomic E-state index is 12.7. The number of aromatic nitrogens is 2. The Balaban J connectivity index is 1.46. The van der Waals surface area contributed by atoms with E-state index in [2.05, 4.69) is 25.5 Å². The third-order valence-corrected chi connectivity index (χ3v) is 5.39. The van der Waals surface area contributed by atoms with Gasteiger partial charge < -0.3 is 20.5 Å². The molecule has 3 amide bonds. The molecule has 1 aliphatic heterocycles. The lowest BCUT2D eigenvalue weighted by atomic mass is 10.2. The molecule has 3 N–H and O–H groups in total. The molecular formula is C20H23N5O3. The van der Waals surface area contributed by atoms with Crippen molar-refractivity contribution in [3.05, 3.63) is 46.9 Å². The van der Waals surface area contributed by atoms with Crippen molar-refractivity contribution in [1.82, 2.24) is 20.2 Å². The van der Waals surface area contributed by atoms with E-state index in [1.165, 1.54) is 30.8 Å². The van der Waals surface area contributed by atoms with Crippen LogP contribution in [0.4, 0.5) is 5.82 Å². The van der Waals surface area contributed by atoms with Crippen LogP contribution in [-0.2, 0) is 11.8 Å². The number of anilines is 1. The molecule has 0 bridgehead atoms. The summed E-state index contributed by atoms with van der Waals surface area (Å²) in [6.45, 7) is 2.35. The Labute approximate surface area is 162 Å². The molecule has 0 aromatic carbocycles. The molecule has 1 saturated heterocycles. The minimum atomic E-state index is -0.300. The zero-order valence-corrected chi connectivity index (χ0v) is 15.9. The number of carbonyl (C=O) groups is 3. The van der Waals surface area contributed by atoms with Crippen LogP contribution < -0.4 is 16.0 Å². The number of rotatable bonds is 5. The Bertz CT molecular complexity index is 961. The summed E-state index contributed by atoms with van der Waals surface area (Å²) in [5.74, 6) is 0.251. The van der Waals surface area contributed by atoms with Gasteiger partial charge in [-0.3, -0.25) is 14.4 Å². The molecule has 1 atom stereocenters. The van der Waals surface area contributed by atoms with E-state index in [0.717, 1.165) is 5.69 Å². The van der Waals surface area contributed by atoms with Crippen LogP contribution in [0.25, 0.3) is 0 Å².